The first-order chi connectivity index (χ1) is 9.27. The average Bonchev–Trinajstić information content (AvgIpc) is 2.31. The Kier molecular flexibility index (Phi) is 6.22. The van der Waals surface area contributed by atoms with Gasteiger partial charge in [0.1, 0.15) is 0 Å². The van der Waals surface area contributed by atoms with E-state index in [0.717, 1.165) is 13.0 Å². The normalized spacial score (nSPS) is 15.2. The quantitative estimate of drug-likeness (QED) is 0.852. The lowest BCUT2D eigenvalue weighted by Gasteiger charge is -2.37. The van der Waals surface area contributed by atoms with Crippen LogP contribution in [0.1, 0.15) is 44.4 Å². The molecule has 0 heterocycles. The van der Waals surface area contributed by atoms with Crippen LogP contribution < -0.4 is 5.32 Å². The third-order valence-electron chi connectivity index (χ3n) is 3.67. The molecule has 0 amide bonds. The first kappa shape index (κ1) is 17.2. The van der Waals surface area contributed by atoms with Crippen molar-refractivity contribution in [3.8, 4) is 0 Å². The zero-order valence-corrected chi connectivity index (χ0v) is 14.2. The fraction of sp³-hybridized carbons (Fsp3) is 0.667. The van der Waals surface area contributed by atoms with Crippen LogP contribution in [0.5, 0.6) is 0 Å². The summed E-state index contributed by atoms with van der Waals surface area (Å²) in [6.07, 6.45) is 1.21. The van der Waals surface area contributed by atoms with Crippen LogP contribution in [0, 0.1) is 19.3 Å². The van der Waals surface area contributed by atoms with Gasteiger partial charge in [-0.15, -0.1) is 0 Å². The van der Waals surface area contributed by atoms with E-state index in [1.54, 1.807) is 0 Å². The summed E-state index contributed by atoms with van der Waals surface area (Å²) in [6, 6.07) is 7.12. The van der Waals surface area contributed by atoms with E-state index in [0.29, 0.717) is 6.04 Å². The molecule has 0 aliphatic heterocycles. The molecule has 1 aromatic rings. The van der Waals surface area contributed by atoms with E-state index in [1.165, 1.54) is 16.7 Å². The second-order valence-corrected chi connectivity index (χ2v) is 6.84. The molecule has 2 unspecified atom stereocenters. The minimum absolute atomic E-state index is 0.128. The topological polar surface area (TPSA) is 21.3 Å². The number of nitrogens with one attached hydrogen (secondary N) is 1. The molecule has 0 aliphatic carbocycles. The summed E-state index contributed by atoms with van der Waals surface area (Å²) >= 11 is 0. The number of hydrogen-bond donors (Lipinski definition) is 1. The van der Waals surface area contributed by atoms with Crippen LogP contribution in [-0.4, -0.2) is 25.8 Å². The van der Waals surface area contributed by atoms with Gasteiger partial charge in [-0.1, -0.05) is 50.1 Å². The van der Waals surface area contributed by atoms with E-state index in [1.807, 2.05) is 7.05 Å². The first-order valence-corrected chi connectivity index (χ1v) is 7.64. The number of ether oxygens (including phenoxy) is 1. The van der Waals surface area contributed by atoms with E-state index < -0.39 is 0 Å². The number of benzene rings is 1. The predicted molar refractivity (Wildman–Crippen MR) is 87.3 cm³/mol. The summed E-state index contributed by atoms with van der Waals surface area (Å²) in [5.41, 5.74) is 4.18. The fourth-order valence-corrected chi connectivity index (χ4v) is 2.95. The lowest BCUT2D eigenvalue weighted by Crippen LogP contribution is -2.48. The Balaban J connectivity index is 2.93. The standard InChI is InChI=1S/C18H31NO/c1-8-20-17(18(4,5)6)16(19-7)12-15-10-13(2)9-14(3)11-15/h9-11,16-17,19H,8,12H2,1-7H3. The second kappa shape index (κ2) is 7.24. The SMILES string of the molecule is CCOC(C(Cc1cc(C)cc(C)c1)NC)C(C)(C)C. The zero-order valence-electron chi connectivity index (χ0n) is 14.2. The zero-order chi connectivity index (χ0) is 15.3. The lowest BCUT2D eigenvalue weighted by atomic mass is 9.82. The summed E-state index contributed by atoms with van der Waals surface area (Å²) in [7, 11) is 2.03. The molecule has 0 saturated carbocycles. The third-order valence-corrected chi connectivity index (χ3v) is 3.67. The van der Waals surface area contributed by atoms with Crippen molar-refractivity contribution in [1.82, 2.24) is 5.32 Å². The molecule has 114 valence electrons. The molecule has 2 nitrogen and oxygen atoms in total. The predicted octanol–water partition coefficient (Wildman–Crippen LogP) is 3.89. The van der Waals surface area contributed by atoms with Gasteiger partial charge in [0.05, 0.1) is 6.10 Å². The maximum Gasteiger partial charge on any atom is 0.0779 e. The number of hydrogen-bond acceptors (Lipinski definition) is 2. The molecule has 0 aromatic heterocycles. The number of likely N-dealkylation sites (N-methyl/N-ethyl adjacent to an activating group) is 1. The van der Waals surface area contributed by atoms with E-state index in [2.05, 4.69) is 65.1 Å². The highest BCUT2D eigenvalue weighted by Crippen LogP contribution is 2.27. The lowest BCUT2D eigenvalue weighted by molar-refractivity contribution is -0.0340. The van der Waals surface area contributed by atoms with E-state index in [-0.39, 0.29) is 11.5 Å². The average molecular weight is 277 g/mol. The van der Waals surface area contributed by atoms with Crippen LogP contribution in [-0.2, 0) is 11.2 Å². The maximum absolute atomic E-state index is 6.03. The Morgan fingerprint density at radius 3 is 2.05 bits per heavy atom. The smallest absolute Gasteiger partial charge is 0.0779 e. The molecular weight excluding hydrogens is 246 g/mol. The Hall–Kier alpha value is -0.860. The minimum Gasteiger partial charge on any atom is -0.376 e. The van der Waals surface area contributed by atoms with Crippen LogP contribution in [0.2, 0.25) is 0 Å². The van der Waals surface area contributed by atoms with Crippen LogP contribution in [0.15, 0.2) is 18.2 Å². The largest absolute Gasteiger partial charge is 0.376 e. The van der Waals surface area contributed by atoms with Crippen LogP contribution in [0.25, 0.3) is 0 Å². The van der Waals surface area contributed by atoms with Crippen molar-refractivity contribution in [2.24, 2.45) is 5.41 Å². The van der Waals surface area contributed by atoms with Gasteiger partial charge in [0, 0.05) is 12.6 Å². The Bertz CT molecular complexity index is 400. The Morgan fingerprint density at radius 2 is 1.65 bits per heavy atom. The molecule has 0 saturated heterocycles. The summed E-state index contributed by atoms with van der Waals surface area (Å²) in [5.74, 6) is 0. The molecule has 0 aliphatic rings. The van der Waals surface area contributed by atoms with Gasteiger partial charge < -0.3 is 10.1 Å². The monoisotopic (exact) mass is 277 g/mol. The van der Waals surface area contributed by atoms with Gasteiger partial charge in [0.15, 0.2) is 0 Å². The van der Waals surface area contributed by atoms with Gasteiger partial charge in [0.25, 0.3) is 0 Å². The van der Waals surface area contributed by atoms with Gasteiger partial charge in [-0.2, -0.15) is 0 Å². The van der Waals surface area contributed by atoms with E-state index >= 15 is 0 Å². The number of aryl methyl sites for hydroxylation is 2. The third kappa shape index (κ3) is 4.92. The van der Waals surface area contributed by atoms with Crippen LogP contribution in [0.3, 0.4) is 0 Å². The Morgan fingerprint density at radius 1 is 1.10 bits per heavy atom. The molecule has 0 fully saturated rings. The van der Waals surface area contributed by atoms with Crippen molar-refractivity contribution in [2.45, 2.75) is 60.1 Å². The number of rotatable bonds is 6. The highest BCUT2D eigenvalue weighted by Gasteiger charge is 2.32. The van der Waals surface area contributed by atoms with Crippen molar-refractivity contribution in [3.05, 3.63) is 34.9 Å². The minimum atomic E-state index is 0.128. The van der Waals surface area contributed by atoms with E-state index in [9.17, 15) is 0 Å². The Labute approximate surface area is 124 Å². The molecule has 0 bridgehead atoms. The van der Waals surface area contributed by atoms with Crippen molar-refractivity contribution in [3.63, 3.8) is 0 Å². The molecule has 1 aromatic carbocycles. The summed E-state index contributed by atoms with van der Waals surface area (Å²) in [4.78, 5) is 0. The second-order valence-electron chi connectivity index (χ2n) is 6.84. The first-order valence-electron chi connectivity index (χ1n) is 7.64. The van der Waals surface area contributed by atoms with Gasteiger partial charge >= 0.3 is 0 Å². The summed E-state index contributed by atoms with van der Waals surface area (Å²) in [6.45, 7) is 13.9. The van der Waals surface area contributed by atoms with Crippen molar-refractivity contribution >= 4 is 0 Å². The van der Waals surface area contributed by atoms with Gasteiger partial charge in [-0.05, 0) is 45.2 Å². The van der Waals surface area contributed by atoms with E-state index in [4.69, 9.17) is 4.74 Å². The van der Waals surface area contributed by atoms with Gasteiger partial charge in [-0.25, -0.2) is 0 Å². The molecule has 0 radical (unpaired) electrons. The van der Waals surface area contributed by atoms with Crippen LogP contribution in [0.4, 0.5) is 0 Å². The summed E-state index contributed by atoms with van der Waals surface area (Å²) in [5, 5.41) is 3.46. The molecule has 0 spiro atoms. The maximum atomic E-state index is 6.03. The van der Waals surface area contributed by atoms with Gasteiger partial charge in [-0.3, -0.25) is 0 Å². The molecular formula is C18H31NO. The molecule has 1 N–H and O–H groups in total. The highest BCUT2D eigenvalue weighted by molar-refractivity contribution is 5.29. The molecule has 1 rings (SSSR count). The molecule has 2 heteroatoms. The molecule has 2 atom stereocenters. The molecule has 20 heavy (non-hydrogen) atoms. The van der Waals surface area contributed by atoms with Crippen LogP contribution >= 0.6 is 0 Å². The van der Waals surface area contributed by atoms with Crippen molar-refractivity contribution in [2.75, 3.05) is 13.7 Å². The fourth-order valence-electron chi connectivity index (χ4n) is 2.95. The summed E-state index contributed by atoms with van der Waals surface area (Å²) < 4.78 is 6.03. The highest BCUT2D eigenvalue weighted by atomic mass is 16.5. The van der Waals surface area contributed by atoms with Crippen molar-refractivity contribution < 1.29 is 4.74 Å². The van der Waals surface area contributed by atoms with Gasteiger partial charge in [0.2, 0.25) is 0 Å². The van der Waals surface area contributed by atoms with Crippen molar-refractivity contribution in [1.29, 1.82) is 0 Å².